The summed E-state index contributed by atoms with van der Waals surface area (Å²) in [6.07, 6.45) is 1.40. The van der Waals surface area contributed by atoms with Crippen molar-refractivity contribution in [1.29, 1.82) is 0 Å². The lowest BCUT2D eigenvalue weighted by molar-refractivity contribution is -0.139. The molecule has 11 nitrogen and oxygen atoms in total. The van der Waals surface area contributed by atoms with Crippen molar-refractivity contribution < 1.29 is 37.7 Å². The maximum atomic E-state index is 14.0. The summed E-state index contributed by atoms with van der Waals surface area (Å²) >= 11 is 3.40. The quantitative estimate of drug-likeness (QED) is 0.142. The molecule has 1 aliphatic heterocycles. The van der Waals surface area contributed by atoms with E-state index in [0.29, 0.717) is 28.1 Å². The summed E-state index contributed by atoms with van der Waals surface area (Å²) in [5, 5.41) is 9.30. The maximum Gasteiger partial charge on any atom is 0.338 e. The summed E-state index contributed by atoms with van der Waals surface area (Å²) in [6, 6.07) is 15.1. The van der Waals surface area contributed by atoms with Gasteiger partial charge in [-0.15, -0.1) is 0 Å². The Morgan fingerprint density at radius 2 is 1.84 bits per heavy atom. The van der Waals surface area contributed by atoms with Crippen molar-refractivity contribution in [3.05, 3.63) is 98.9 Å². The molecule has 3 aromatic carbocycles. The van der Waals surface area contributed by atoms with Crippen LogP contribution in [0.1, 0.15) is 36.6 Å². The predicted octanol–water partition coefficient (Wildman–Crippen LogP) is 4.90. The van der Waals surface area contributed by atoms with Crippen molar-refractivity contribution in [3.63, 3.8) is 0 Å². The molecule has 0 saturated carbocycles. The minimum Gasteiger partial charge on any atom is -0.493 e. The number of rotatable bonds is 12. The van der Waals surface area contributed by atoms with Crippen molar-refractivity contribution in [2.75, 3.05) is 20.3 Å². The molecule has 0 bridgehead atoms. The van der Waals surface area contributed by atoms with Crippen molar-refractivity contribution in [2.24, 2.45) is 5.10 Å². The van der Waals surface area contributed by atoms with Crippen LogP contribution in [-0.2, 0) is 20.9 Å². The van der Waals surface area contributed by atoms with Crippen LogP contribution in [0.5, 0.6) is 17.2 Å². The highest BCUT2D eigenvalue weighted by molar-refractivity contribution is 9.10. The van der Waals surface area contributed by atoms with Crippen LogP contribution in [0.2, 0.25) is 0 Å². The van der Waals surface area contributed by atoms with E-state index in [-0.39, 0.29) is 42.7 Å². The largest absolute Gasteiger partial charge is 0.493 e. The zero-order valence-corrected chi connectivity index (χ0v) is 25.7. The van der Waals surface area contributed by atoms with Gasteiger partial charge in [0, 0.05) is 21.3 Å². The molecule has 3 N–H and O–H groups in total. The number of benzene rings is 3. The minimum absolute atomic E-state index is 0.0139. The average Bonchev–Trinajstić information content (AvgIpc) is 3.00. The van der Waals surface area contributed by atoms with Crippen molar-refractivity contribution >= 4 is 40.1 Å². The number of halogens is 2. The molecule has 1 aliphatic rings. The molecule has 3 aromatic rings. The number of hydrogen-bond acceptors (Lipinski definition) is 8. The van der Waals surface area contributed by atoms with Gasteiger partial charge in [-0.05, 0) is 55.8 Å². The lowest BCUT2D eigenvalue weighted by atomic mass is 9.95. The molecule has 1 heterocycles. The Labute approximate surface area is 261 Å². The fourth-order valence-corrected chi connectivity index (χ4v) is 4.66. The first kappa shape index (κ1) is 32.0. The molecule has 0 unspecified atom stereocenters. The Balaban J connectivity index is 1.39. The number of carbonyl (C=O) groups is 3. The number of nitrogens with one attached hydrogen (secondary N) is 3. The van der Waals surface area contributed by atoms with E-state index in [1.54, 1.807) is 68.4 Å². The van der Waals surface area contributed by atoms with Crippen LogP contribution in [-0.4, -0.2) is 44.4 Å². The van der Waals surface area contributed by atoms with Crippen LogP contribution in [0.3, 0.4) is 0 Å². The van der Waals surface area contributed by atoms with E-state index in [2.05, 4.69) is 37.1 Å². The second kappa shape index (κ2) is 15.0. The molecule has 0 aromatic heterocycles. The zero-order chi connectivity index (χ0) is 31.6. The molecule has 0 aliphatic carbocycles. The third-order valence-corrected chi connectivity index (χ3v) is 6.84. The highest BCUT2D eigenvalue weighted by Crippen LogP contribution is 2.34. The van der Waals surface area contributed by atoms with Crippen molar-refractivity contribution in [1.82, 2.24) is 16.1 Å². The van der Waals surface area contributed by atoms with Gasteiger partial charge in [-0.3, -0.25) is 4.79 Å². The number of carbonyl (C=O) groups excluding carboxylic acids is 3. The van der Waals surface area contributed by atoms with Gasteiger partial charge in [-0.1, -0.05) is 40.2 Å². The lowest BCUT2D eigenvalue weighted by Crippen LogP contribution is -2.45. The first-order chi connectivity index (χ1) is 21.2. The van der Waals surface area contributed by atoms with Crippen molar-refractivity contribution in [3.8, 4) is 17.2 Å². The molecule has 4 rings (SSSR count). The first-order valence-corrected chi connectivity index (χ1v) is 14.2. The average molecular weight is 670 g/mol. The topological polar surface area (TPSA) is 137 Å². The molecular formula is C31H30BrFN4O7. The molecule has 1 atom stereocenters. The van der Waals surface area contributed by atoms with Gasteiger partial charge in [0.2, 0.25) is 0 Å². The van der Waals surface area contributed by atoms with Crippen LogP contribution >= 0.6 is 15.9 Å². The predicted molar refractivity (Wildman–Crippen MR) is 163 cm³/mol. The van der Waals surface area contributed by atoms with E-state index in [0.717, 1.165) is 4.47 Å². The summed E-state index contributed by atoms with van der Waals surface area (Å²) < 4.78 is 36.8. The fraction of sp³-hybridized carbons (Fsp3) is 0.226. The van der Waals surface area contributed by atoms with E-state index in [1.807, 2.05) is 0 Å². The Hall–Kier alpha value is -4.91. The summed E-state index contributed by atoms with van der Waals surface area (Å²) in [5.41, 5.74) is 4.52. The number of amides is 3. The number of nitrogens with zero attached hydrogens (tertiary/aromatic N) is 1. The smallest absolute Gasteiger partial charge is 0.338 e. The molecule has 0 spiro atoms. The third kappa shape index (κ3) is 8.13. The van der Waals surface area contributed by atoms with Crippen LogP contribution in [0.15, 0.2) is 81.5 Å². The standard InChI is InChI=1S/C31H30BrFN4O7/c1-4-42-30(39)28-18(2)35-31(40)36-29(28)19-9-11-25(26(14-19)41-3)44-17-27(38)37-34-15-21-13-22(32)10-12-24(21)43-16-20-7-5-6-8-23(20)33/h5-15,29H,4,16-17H2,1-3H3,(H,37,38)(H2,35,36,40)/b34-15-/t29-/m0/s1. The summed E-state index contributed by atoms with van der Waals surface area (Å²) in [7, 11) is 1.43. The van der Waals surface area contributed by atoms with E-state index in [4.69, 9.17) is 18.9 Å². The Bertz CT molecular complexity index is 1610. The van der Waals surface area contributed by atoms with Gasteiger partial charge < -0.3 is 29.6 Å². The zero-order valence-electron chi connectivity index (χ0n) is 24.1. The monoisotopic (exact) mass is 668 g/mol. The molecule has 13 heteroatoms. The molecular weight excluding hydrogens is 639 g/mol. The number of ether oxygens (including phenoxy) is 4. The summed E-state index contributed by atoms with van der Waals surface area (Å²) in [4.78, 5) is 37.2. The molecule has 0 radical (unpaired) electrons. The number of hydrogen-bond donors (Lipinski definition) is 3. The number of urea groups is 1. The second-order valence-electron chi connectivity index (χ2n) is 9.35. The van der Waals surface area contributed by atoms with Gasteiger partial charge in [0.15, 0.2) is 18.1 Å². The molecule has 230 valence electrons. The van der Waals surface area contributed by atoms with E-state index in [1.165, 1.54) is 19.4 Å². The van der Waals surface area contributed by atoms with Crippen LogP contribution in [0.4, 0.5) is 9.18 Å². The summed E-state index contributed by atoms with van der Waals surface area (Å²) in [6.45, 7) is 3.10. The molecule has 44 heavy (non-hydrogen) atoms. The van der Waals surface area contributed by atoms with Crippen LogP contribution in [0, 0.1) is 5.82 Å². The lowest BCUT2D eigenvalue weighted by Gasteiger charge is -2.28. The number of allylic oxidation sites excluding steroid dienone is 1. The van der Waals surface area contributed by atoms with Gasteiger partial charge in [-0.25, -0.2) is 19.4 Å². The first-order valence-electron chi connectivity index (χ1n) is 13.4. The van der Waals surface area contributed by atoms with Gasteiger partial charge in [0.1, 0.15) is 18.2 Å². The number of hydrazone groups is 1. The van der Waals surface area contributed by atoms with Gasteiger partial charge in [0.25, 0.3) is 5.91 Å². The third-order valence-electron chi connectivity index (χ3n) is 6.35. The Kier molecular flexibility index (Phi) is 10.9. The van der Waals surface area contributed by atoms with Crippen molar-refractivity contribution in [2.45, 2.75) is 26.5 Å². The van der Waals surface area contributed by atoms with Crippen LogP contribution in [0.25, 0.3) is 0 Å². The van der Waals surface area contributed by atoms with E-state index in [9.17, 15) is 18.8 Å². The number of methoxy groups -OCH3 is 1. The Morgan fingerprint density at radius 3 is 2.59 bits per heavy atom. The maximum absolute atomic E-state index is 14.0. The molecule has 0 saturated heterocycles. The number of esters is 1. The SMILES string of the molecule is CCOC(=O)C1=C(C)NC(=O)N[C@H]1c1ccc(OCC(=O)N/N=C\c2cc(Br)ccc2OCc2ccccc2F)c(OC)c1. The fourth-order valence-electron chi connectivity index (χ4n) is 4.28. The molecule has 0 fully saturated rings. The van der Waals surface area contributed by atoms with Gasteiger partial charge in [-0.2, -0.15) is 5.10 Å². The summed E-state index contributed by atoms with van der Waals surface area (Å²) in [5.74, 6) is -0.514. The van der Waals surface area contributed by atoms with E-state index < -0.39 is 23.9 Å². The second-order valence-corrected chi connectivity index (χ2v) is 10.3. The molecule has 3 amide bonds. The highest BCUT2D eigenvalue weighted by atomic mass is 79.9. The normalized spacial score (nSPS) is 14.5. The Morgan fingerprint density at radius 1 is 1.07 bits per heavy atom. The van der Waals surface area contributed by atoms with E-state index >= 15 is 0 Å². The minimum atomic E-state index is -0.790. The van der Waals surface area contributed by atoms with Gasteiger partial charge in [0.05, 0.1) is 31.5 Å². The van der Waals surface area contributed by atoms with Crippen LogP contribution < -0.4 is 30.3 Å². The van der Waals surface area contributed by atoms with Gasteiger partial charge >= 0.3 is 12.0 Å². The highest BCUT2D eigenvalue weighted by Gasteiger charge is 2.32.